The van der Waals surface area contributed by atoms with Crippen LogP contribution in [-0.2, 0) is 0 Å². The second-order valence-electron chi connectivity index (χ2n) is 4.55. The molecule has 0 amide bonds. The number of allylic oxidation sites excluding steroid dienone is 1. The summed E-state index contributed by atoms with van der Waals surface area (Å²) in [6, 6.07) is 16.6. The Bertz CT molecular complexity index is 856. The Kier molecular flexibility index (Phi) is 3.77. The number of rotatable bonds is 3. The molecule has 2 aromatic carbocycles. The number of thiazole rings is 1. The van der Waals surface area contributed by atoms with E-state index in [2.05, 4.69) is 11.1 Å². The van der Waals surface area contributed by atoms with E-state index < -0.39 is 0 Å². The summed E-state index contributed by atoms with van der Waals surface area (Å²) in [4.78, 5) is 4.42. The monoisotopic (exact) mass is 308 g/mol. The van der Waals surface area contributed by atoms with Gasteiger partial charge in [0, 0.05) is 5.56 Å². The Labute approximate surface area is 131 Å². The zero-order chi connectivity index (χ0) is 15.5. The highest BCUT2D eigenvalue weighted by Gasteiger charge is 2.15. The molecule has 3 aromatic rings. The van der Waals surface area contributed by atoms with Crippen molar-refractivity contribution in [2.75, 3.05) is 7.11 Å². The molecule has 0 spiro atoms. The Hall–Kier alpha value is -2.84. The number of benzene rings is 2. The summed E-state index contributed by atoms with van der Waals surface area (Å²) < 4.78 is 6.07. The zero-order valence-corrected chi connectivity index (χ0v) is 12.6. The summed E-state index contributed by atoms with van der Waals surface area (Å²) in [5.74, 6) is 0.610. The lowest BCUT2D eigenvalue weighted by Crippen LogP contribution is -1.90. The Morgan fingerprint density at radius 1 is 1.18 bits per heavy atom. The van der Waals surface area contributed by atoms with Gasteiger partial charge in [0.2, 0.25) is 0 Å². The van der Waals surface area contributed by atoms with Crippen LogP contribution in [0.5, 0.6) is 5.75 Å². The molecule has 4 nitrogen and oxygen atoms in total. The van der Waals surface area contributed by atoms with Gasteiger partial charge in [0.25, 0.3) is 0 Å². The first-order chi connectivity index (χ1) is 10.7. The maximum absolute atomic E-state index is 10.4. The lowest BCUT2D eigenvalue weighted by molar-refractivity contribution is 0.414. The maximum Gasteiger partial charge on any atom is 0.143 e. The van der Waals surface area contributed by atoms with Gasteiger partial charge in [-0.2, -0.15) is 5.26 Å². The van der Waals surface area contributed by atoms with Gasteiger partial charge < -0.3 is 9.84 Å². The minimum Gasteiger partial charge on any atom is -0.506 e. The molecular formula is C17H12N2O2S. The fraction of sp³-hybridized carbons (Fsp3) is 0.0588. The number of hydrogen-bond acceptors (Lipinski definition) is 5. The molecule has 1 N–H and O–H groups in total. The molecule has 0 atom stereocenters. The van der Waals surface area contributed by atoms with Gasteiger partial charge in [0.05, 0.1) is 17.3 Å². The van der Waals surface area contributed by atoms with E-state index in [0.29, 0.717) is 16.3 Å². The molecule has 0 radical (unpaired) electrons. The van der Waals surface area contributed by atoms with Gasteiger partial charge in [0.15, 0.2) is 0 Å². The molecule has 0 fully saturated rings. The van der Waals surface area contributed by atoms with Crippen molar-refractivity contribution in [1.29, 1.82) is 5.26 Å². The van der Waals surface area contributed by atoms with E-state index in [-0.39, 0.29) is 11.3 Å². The Morgan fingerprint density at radius 3 is 2.55 bits per heavy atom. The van der Waals surface area contributed by atoms with Crippen LogP contribution in [0.15, 0.2) is 48.5 Å². The van der Waals surface area contributed by atoms with E-state index in [1.54, 1.807) is 31.4 Å². The fourth-order valence-corrected chi connectivity index (χ4v) is 3.04. The summed E-state index contributed by atoms with van der Waals surface area (Å²) in [5.41, 5.74) is 1.54. The van der Waals surface area contributed by atoms with Crippen LogP contribution in [0.25, 0.3) is 21.5 Å². The lowest BCUT2D eigenvalue weighted by Gasteiger charge is -2.04. The fourth-order valence-electron chi connectivity index (χ4n) is 2.07. The van der Waals surface area contributed by atoms with Crippen molar-refractivity contribution in [3.63, 3.8) is 0 Å². The Morgan fingerprint density at radius 2 is 1.91 bits per heavy atom. The number of nitriles is 1. The maximum atomic E-state index is 10.4. The van der Waals surface area contributed by atoms with Crippen molar-refractivity contribution in [2.45, 2.75) is 0 Å². The molecule has 0 aliphatic heterocycles. The molecule has 0 saturated carbocycles. The zero-order valence-electron chi connectivity index (χ0n) is 11.8. The Balaban J connectivity index is 2.09. The first kappa shape index (κ1) is 14.1. The van der Waals surface area contributed by atoms with E-state index in [4.69, 9.17) is 4.74 Å². The number of nitrogens with zero attached hydrogens (tertiary/aromatic N) is 2. The number of hydrogen-bond donors (Lipinski definition) is 1. The summed E-state index contributed by atoms with van der Waals surface area (Å²) in [7, 11) is 1.58. The van der Waals surface area contributed by atoms with Crippen molar-refractivity contribution >= 4 is 32.9 Å². The van der Waals surface area contributed by atoms with Crippen LogP contribution in [0.3, 0.4) is 0 Å². The first-order valence-corrected chi connectivity index (χ1v) is 7.38. The number of para-hydroxylation sites is 1. The number of aliphatic hydroxyl groups excluding tert-OH is 1. The van der Waals surface area contributed by atoms with Gasteiger partial charge in [-0.05, 0) is 36.4 Å². The normalized spacial score (nSPS) is 11.8. The van der Waals surface area contributed by atoms with E-state index in [1.165, 1.54) is 11.3 Å². The van der Waals surface area contributed by atoms with Crippen molar-refractivity contribution in [1.82, 2.24) is 4.98 Å². The van der Waals surface area contributed by atoms with Crippen molar-refractivity contribution in [2.24, 2.45) is 0 Å². The van der Waals surface area contributed by atoms with E-state index in [9.17, 15) is 10.4 Å². The predicted octanol–water partition coefficient (Wildman–Crippen LogP) is 4.25. The molecule has 0 saturated heterocycles. The SMILES string of the molecule is COc1ccc(C(O)=C(C#N)c2nc3ccccc3s2)cc1. The molecule has 1 aromatic heterocycles. The molecule has 108 valence electrons. The molecule has 0 aliphatic rings. The van der Waals surface area contributed by atoms with Crippen molar-refractivity contribution in [3.8, 4) is 11.8 Å². The number of methoxy groups -OCH3 is 1. The van der Waals surface area contributed by atoms with Gasteiger partial charge in [-0.25, -0.2) is 4.98 Å². The second-order valence-corrected chi connectivity index (χ2v) is 5.58. The van der Waals surface area contributed by atoms with Crippen LogP contribution in [-0.4, -0.2) is 17.2 Å². The van der Waals surface area contributed by atoms with E-state index in [1.807, 2.05) is 24.3 Å². The number of aromatic nitrogens is 1. The van der Waals surface area contributed by atoms with Gasteiger partial charge in [-0.3, -0.25) is 0 Å². The predicted molar refractivity (Wildman–Crippen MR) is 87.7 cm³/mol. The lowest BCUT2D eigenvalue weighted by atomic mass is 10.1. The van der Waals surface area contributed by atoms with E-state index >= 15 is 0 Å². The first-order valence-electron chi connectivity index (χ1n) is 6.56. The third-order valence-corrected chi connectivity index (χ3v) is 4.27. The molecule has 5 heteroatoms. The van der Waals surface area contributed by atoms with Gasteiger partial charge >= 0.3 is 0 Å². The van der Waals surface area contributed by atoms with Crippen LogP contribution >= 0.6 is 11.3 Å². The standard InChI is InChI=1S/C17H12N2O2S/c1-21-12-8-6-11(7-9-12)16(20)13(10-18)17-19-14-4-2-3-5-15(14)22-17/h2-9,20H,1H3. The average molecular weight is 308 g/mol. The molecule has 0 unspecified atom stereocenters. The second kappa shape index (κ2) is 5.88. The van der Waals surface area contributed by atoms with Crippen LogP contribution in [0.2, 0.25) is 0 Å². The molecular weight excluding hydrogens is 296 g/mol. The number of aliphatic hydroxyl groups is 1. The molecule has 0 bridgehead atoms. The van der Waals surface area contributed by atoms with Crippen LogP contribution in [0.4, 0.5) is 0 Å². The summed E-state index contributed by atoms with van der Waals surface area (Å²) in [6.45, 7) is 0. The third-order valence-electron chi connectivity index (χ3n) is 3.22. The van der Waals surface area contributed by atoms with Gasteiger partial charge in [0.1, 0.15) is 28.2 Å². The van der Waals surface area contributed by atoms with Crippen LogP contribution in [0, 0.1) is 11.3 Å². The van der Waals surface area contributed by atoms with Crippen LogP contribution < -0.4 is 4.74 Å². The smallest absolute Gasteiger partial charge is 0.143 e. The van der Waals surface area contributed by atoms with Crippen molar-refractivity contribution in [3.05, 3.63) is 59.1 Å². The number of ether oxygens (including phenoxy) is 1. The number of fused-ring (bicyclic) bond motifs is 1. The largest absolute Gasteiger partial charge is 0.506 e. The average Bonchev–Trinajstić information content (AvgIpc) is 2.99. The topological polar surface area (TPSA) is 66.1 Å². The summed E-state index contributed by atoms with van der Waals surface area (Å²) in [6.07, 6.45) is 0. The third kappa shape index (κ3) is 2.52. The molecule has 0 aliphatic carbocycles. The summed E-state index contributed by atoms with van der Waals surface area (Å²) in [5, 5.41) is 20.3. The van der Waals surface area contributed by atoms with Gasteiger partial charge in [-0.1, -0.05) is 12.1 Å². The highest BCUT2D eigenvalue weighted by atomic mass is 32.1. The van der Waals surface area contributed by atoms with Crippen molar-refractivity contribution < 1.29 is 9.84 Å². The van der Waals surface area contributed by atoms with E-state index in [0.717, 1.165) is 10.2 Å². The van der Waals surface area contributed by atoms with Crippen LogP contribution in [0.1, 0.15) is 10.6 Å². The minimum atomic E-state index is -0.0794. The molecule has 3 rings (SSSR count). The summed E-state index contributed by atoms with van der Waals surface area (Å²) >= 11 is 1.38. The highest BCUT2D eigenvalue weighted by Crippen LogP contribution is 2.31. The van der Waals surface area contributed by atoms with Gasteiger partial charge in [-0.15, -0.1) is 11.3 Å². The quantitative estimate of drug-likeness (QED) is 0.580. The minimum absolute atomic E-state index is 0.0794. The highest BCUT2D eigenvalue weighted by molar-refractivity contribution is 7.19. The molecule has 1 heterocycles. The molecule has 22 heavy (non-hydrogen) atoms.